The lowest BCUT2D eigenvalue weighted by atomic mass is 9.91. The molecule has 2 aromatic rings. The van der Waals surface area contributed by atoms with Crippen LogP contribution in [0, 0.1) is 11.8 Å². The quantitative estimate of drug-likeness (QED) is 0.907. The topological polar surface area (TPSA) is 23.5 Å². The fourth-order valence-corrected chi connectivity index (χ4v) is 3.82. The monoisotopic (exact) mass is 309 g/mol. The molecule has 0 aliphatic carbocycles. The molecule has 3 atom stereocenters. The third-order valence-electron chi connectivity index (χ3n) is 4.78. The van der Waals surface area contributed by atoms with Crippen LogP contribution in [-0.4, -0.2) is 29.6 Å². The maximum atomic E-state index is 10.6. The molecule has 2 heteroatoms. The van der Waals surface area contributed by atoms with Gasteiger partial charge in [0.1, 0.15) is 0 Å². The first-order valence-corrected chi connectivity index (χ1v) is 8.67. The summed E-state index contributed by atoms with van der Waals surface area (Å²) in [6.07, 6.45) is 0.899. The summed E-state index contributed by atoms with van der Waals surface area (Å²) in [5.41, 5.74) is 3.42. The van der Waals surface area contributed by atoms with Crippen molar-refractivity contribution in [2.75, 3.05) is 19.6 Å². The number of rotatable bonds is 4. The zero-order chi connectivity index (χ0) is 16.2. The molecule has 23 heavy (non-hydrogen) atoms. The van der Waals surface area contributed by atoms with Gasteiger partial charge in [0.2, 0.25) is 0 Å². The van der Waals surface area contributed by atoms with E-state index in [2.05, 4.69) is 67.3 Å². The van der Waals surface area contributed by atoms with Crippen LogP contribution in [0.4, 0.5) is 0 Å². The van der Waals surface area contributed by atoms with Gasteiger partial charge in [0.15, 0.2) is 0 Å². The molecular formula is C21H27NO. The van der Waals surface area contributed by atoms with Gasteiger partial charge in [-0.25, -0.2) is 0 Å². The normalized spacial score (nSPS) is 23.6. The summed E-state index contributed by atoms with van der Waals surface area (Å²) in [4.78, 5) is 2.41. The van der Waals surface area contributed by atoms with E-state index in [9.17, 15) is 5.11 Å². The van der Waals surface area contributed by atoms with Crippen LogP contribution in [0.2, 0.25) is 0 Å². The first-order valence-electron chi connectivity index (χ1n) is 8.67. The second kappa shape index (κ2) is 7.29. The minimum atomic E-state index is -0.405. The summed E-state index contributed by atoms with van der Waals surface area (Å²) in [5.74, 6) is 1.46. The van der Waals surface area contributed by atoms with Gasteiger partial charge >= 0.3 is 0 Å². The van der Waals surface area contributed by atoms with Gasteiger partial charge in [-0.1, -0.05) is 68.4 Å². The van der Waals surface area contributed by atoms with Crippen molar-refractivity contribution >= 4 is 0 Å². The number of aliphatic hydroxyl groups excluding tert-OH is 1. The minimum absolute atomic E-state index is 0.405. The first-order chi connectivity index (χ1) is 11.1. The van der Waals surface area contributed by atoms with Crippen molar-refractivity contribution in [1.29, 1.82) is 0 Å². The SMILES string of the molecule is CC1CC(C)CN(CC(O)c2ccc(-c3ccccc3)cc2)C1. The van der Waals surface area contributed by atoms with Gasteiger partial charge in [0.05, 0.1) is 6.10 Å². The molecule has 2 aromatic carbocycles. The smallest absolute Gasteiger partial charge is 0.0916 e. The zero-order valence-corrected chi connectivity index (χ0v) is 14.2. The Morgan fingerprint density at radius 1 is 0.913 bits per heavy atom. The highest BCUT2D eigenvalue weighted by molar-refractivity contribution is 5.63. The lowest BCUT2D eigenvalue weighted by Gasteiger charge is -2.36. The van der Waals surface area contributed by atoms with E-state index in [-0.39, 0.29) is 0 Å². The predicted molar refractivity (Wildman–Crippen MR) is 96.2 cm³/mol. The van der Waals surface area contributed by atoms with E-state index in [0.29, 0.717) is 0 Å². The third kappa shape index (κ3) is 4.21. The van der Waals surface area contributed by atoms with Crippen molar-refractivity contribution < 1.29 is 5.11 Å². The molecule has 1 N–H and O–H groups in total. The summed E-state index contributed by atoms with van der Waals surface area (Å²) in [6.45, 7) is 7.56. The number of aliphatic hydroxyl groups is 1. The van der Waals surface area contributed by atoms with Crippen molar-refractivity contribution in [3.8, 4) is 11.1 Å². The number of piperidine rings is 1. The highest BCUT2D eigenvalue weighted by Gasteiger charge is 2.23. The van der Waals surface area contributed by atoms with E-state index < -0.39 is 6.10 Å². The van der Waals surface area contributed by atoms with E-state index >= 15 is 0 Å². The molecule has 0 spiro atoms. The lowest BCUT2D eigenvalue weighted by Crippen LogP contribution is -2.40. The largest absolute Gasteiger partial charge is 0.387 e. The average Bonchev–Trinajstić information content (AvgIpc) is 2.55. The molecule has 0 saturated carbocycles. The van der Waals surface area contributed by atoms with E-state index in [1.807, 2.05) is 6.07 Å². The van der Waals surface area contributed by atoms with Crippen LogP contribution >= 0.6 is 0 Å². The standard InChI is InChI=1S/C21H27NO/c1-16-12-17(2)14-22(13-16)15-21(23)20-10-8-19(9-11-20)18-6-4-3-5-7-18/h3-11,16-17,21,23H,12-15H2,1-2H3. The maximum Gasteiger partial charge on any atom is 0.0916 e. The Morgan fingerprint density at radius 2 is 1.48 bits per heavy atom. The Bertz CT molecular complexity index is 597. The summed E-state index contributed by atoms with van der Waals surface area (Å²) in [5, 5.41) is 10.6. The van der Waals surface area contributed by atoms with Crippen LogP contribution < -0.4 is 0 Å². The van der Waals surface area contributed by atoms with Crippen LogP contribution in [0.3, 0.4) is 0 Å². The van der Waals surface area contributed by atoms with Crippen molar-refractivity contribution in [3.63, 3.8) is 0 Å². The molecule has 122 valence electrons. The predicted octanol–water partition coefficient (Wildman–Crippen LogP) is 4.36. The molecular weight excluding hydrogens is 282 g/mol. The number of benzene rings is 2. The molecule has 3 rings (SSSR count). The summed E-state index contributed by atoms with van der Waals surface area (Å²) < 4.78 is 0. The molecule has 0 radical (unpaired) electrons. The lowest BCUT2D eigenvalue weighted by molar-refractivity contribution is 0.0699. The number of hydrogen-bond donors (Lipinski definition) is 1. The van der Waals surface area contributed by atoms with E-state index in [1.54, 1.807) is 0 Å². The van der Waals surface area contributed by atoms with E-state index in [0.717, 1.165) is 37.0 Å². The fourth-order valence-electron chi connectivity index (χ4n) is 3.82. The molecule has 3 unspecified atom stereocenters. The Morgan fingerprint density at radius 3 is 2.09 bits per heavy atom. The van der Waals surface area contributed by atoms with Gasteiger partial charge in [-0.05, 0) is 34.9 Å². The fraction of sp³-hybridized carbons (Fsp3) is 0.429. The van der Waals surface area contributed by atoms with Crippen LogP contribution in [-0.2, 0) is 0 Å². The second-order valence-electron chi connectivity index (χ2n) is 7.17. The van der Waals surface area contributed by atoms with Gasteiger partial charge in [0.25, 0.3) is 0 Å². The van der Waals surface area contributed by atoms with Crippen molar-refractivity contribution in [2.24, 2.45) is 11.8 Å². The minimum Gasteiger partial charge on any atom is -0.387 e. The van der Waals surface area contributed by atoms with E-state index in [4.69, 9.17) is 0 Å². The molecule has 1 saturated heterocycles. The highest BCUT2D eigenvalue weighted by Crippen LogP contribution is 2.25. The molecule has 1 aliphatic rings. The highest BCUT2D eigenvalue weighted by atomic mass is 16.3. The third-order valence-corrected chi connectivity index (χ3v) is 4.78. The number of likely N-dealkylation sites (tertiary alicyclic amines) is 1. The molecule has 0 bridgehead atoms. The Hall–Kier alpha value is -1.64. The van der Waals surface area contributed by atoms with Crippen molar-refractivity contribution in [2.45, 2.75) is 26.4 Å². The summed E-state index contributed by atoms with van der Waals surface area (Å²) in [7, 11) is 0. The van der Waals surface area contributed by atoms with Crippen LogP contribution in [0.1, 0.15) is 31.9 Å². The van der Waals surface area contributed by atoms with Crippen LogP contribution in [0.5, 0.6) is 0 Å². The van der Waals surface area contributed by atoms with Gasteiger partial charge in [-0.15, -0.1) is 0 Å². The first kappa shape index (κ1) is 16.2. The molecule has 0 amide bonds. The average molecular weight is 309 g/mol. The Kier molecular flexibility index (Phi) is 5.14. The zero-order valence-electron chi connectivity index (χ0n) is 14.2. The number of hydrogen-bond acceptors (Lipinski definition) is 2. The van der Waals surface area contributed by atoms with Crippen molar-refractivity contribution in [1.82, 2.24) is 4.90 Å². The molecule has 1 heterocycles. The summed E-state index contributed by atoms with van der Waals surface area (Å²) in [6, 6.07) is 18.7. The van der Waals surface area contributed by atoms with E-state index in [1.165, 1.54) is 17.5 Å². The Balaban J connectivity index is 1.65. The second-order valence-corrected chi connectivity index (χ2v) is 7.17. The van der Waals surface area contributed by atoms with Gasteiger partial charge in [-0.3, -0.25) is 4.90 Å². The molecule has 1 fully saturated rings. The summed E-state index contributed by atoms with van der Waals surface area (Å²) >= 11 is 0. The molecule has 1 aliphatic heterocycles. The van der Waals surface area contributed by atoms with Crippen molar-refractivity contribution in [3.05, 3.63) is 60.2 Å². The molecule has 2 nitrogen and oxygen atoms in total. The van der Waals surface area contributed by atoms with Crippen LogP contribution in [0.25, 0.3) is 11.1 Å². The van der Waals surface area contributed by atoms with Gasteiger partial charge in [-0.2, -0.15) is 0 Å². The van der Waals surface area contributed by atoms with Gasteiger partial charge < -0.3 is 5.11 Å². The number of β-amino-alcohol motifs (C(OH)–C–C–N with tert-alkyl or cyclic N) is 1. The maximum absolute atomic E-state index is 10.6. The number of nitrogens with zero attached hydrogens (tertiary/aromatic N) is 1. The Labute approximate surface area is 139 Å². The van der Waals surface area contributed by atoms with Gasteiger partial charge in [0, 0.05) is 19.6 Å². The van der Waals surface area contributed by atoms with Crippen LogP contribution in [0.15, 0.2) is 54.6 Å². The molecule has 0 aromatic heterocycles.